The van der Waals surface area contributed by atoms with Crippen LogP contribution in [0.4, 0.5) is 0 Å². The minimum absolute atomic E-state index is 0.0590. The fourth-order valence-corrected chi connectivity index (χ4v) is 4.22. The van der Waals surface area contributed by atoms with Crippen LogP contribution in [0.2, 0.25) is 0 Å². The standard InChI is InChI=1S/C14H24N2O2S/c1-6-16(10(2)3)19(17,18)14-8-13(9-15)7-11(4)12(14)5/h7-8,10H,6,9,15H2,1-5H3. The van der Waals surface area contributed by atoms with E-state index in [4.69, 9.17) is 5.73 Å². The molecule has 0 heterocycles. The molecule has 0 amide bonds. The van der Waals surface area contributed by atoms with E-state index in [1.54, 1.807) is 6.07 Å². The molecule has 5 heteroatoms. The molecule has 19 heavy (non-hydrogen) atoms. The van der Waals surface area contributed by atoms with Gasteiger partial charge in [0.15, 0.2) is 0 Å². The molecule has 0 aliphatic carbocycles. The first-order chi connectivity index (χ1) is 8.75. The average Bonchev–Trinajstić information content (AvgIpc) is 2.32. The normalized spacial score (nSPS) is 12.4. The summed E-state index contributed by atoms with van der Waals surface area (Å²) in [4.78, 5) is 0.378. The maximum absolute atomic E-state index is 12.7. The van der Waals surface area contributed by atoms with Crippen LogP contribution in [0.15, 0.2) is 17.0 Å². The lowest BCUT2D eigenvalue weighted by Crippen LogP contribution is -2.37. The minimum atomic E-state index is -3.46. The van der Waals surface area contributed by atoms with Gasteiger partial charge in [-0.1, -0.05) is 13.0 Å². The molecule has 1 aromatic rings. The summed E-state index contributed by atoms with van der Waals surface area (Å²) in [6.07, 6.45) is 0. The molecule has 0 aliphatic rings. The van der Waals surface area contributed by atoms with Crippen molar-refractivity contribution in [1.82, 2.24) is 4.31 Å². The smallest absolute Gasteiger partial charge is 0.243 e. The second kappa shape index (κ2) is 6.03. The predicted molar refractivity (Wildman–Crippen MR) is 78.5 cm³/mol. The van der Waals surface area contributed by atoms with Gasteiger partial charge >= 0.3 is 0 Å². The second-order valence-electron chi connectivity index (χ2n) is 5.04. The van der Waals surface area contributed by atoms with Crippen LogP contribution >= 0.6 is 0 Å². The Morgan fingerprint density at radius 1 is 1.26 bits per heavy atom. The van der Waals surface area contributed by atoms with Crippen molar-refractivity contribution in [3.05, 3.63) is 28.8 Å². The largest absolute Gasteiger partial charge is 0.326 e. The summed E-state index contributed by atoms with van der Waals surface area (Å²) in [7, 11) is -3.46. The molecule has 0 spiro atoms. The Bertz CT molecular complexity index is 551. The first kappa shape index (κ1) is 16.1. The van der Waals surface area contributed by atoms with Gasteiger partial charge in [-0.25, -0.2) is 8.42 Å². The van der Waals surface area contributed by atoms with Gasteiger partial charge in [0.05, 0.1) is 4.90 Å². The van der Waals surface area contributed by atoms with Crippen LogP contribution < -0.4 is 5.73 Å². The molecule has 1 rings (SSSR count). The molecule has 0 saturated heterocycles. The Morgan fingerprint density at radius 2 is 1.84 bits per heavy atom. The molecule has 0 aromatic heterocycles. The summed E-state index contributed by atoms with van der Waals surface area (Å²) in [6.45, 7) is 10.2. The van der Waals surface area contributed by atoms with Crippen molar-refractivity contribution >= 4 is 10.0 Å². The van der Waals surface area contributed by atoms with Gasteiger partial charge in [0.25, 0.3) is 0 Å². The van der Waals surface area contributed by atoms with E-state index in [2.05, 4.69) is 0 Å². The number of benzene rings is 1. The quantitative estimate of drug-likeness (QED) is 0.901. The molecule has 0 radical (unpaired) electrons. The summed E-state index contributed by atoms with van der Waals surface area (Å²) < 4.78 is 27.0. The van der Waals surface area contributed by atoms with Crippen LogP contribution in [-0.2, 0) is 16.6 Å². The zero-order chi connectivity index (χ0) is 14.8. The first-order valence-corrected chi connectivity index (χ1v) is 8.01. The second-order valence-corrected chi connectivity index (χ2v) is 6.90. The van der Waals surface area contributed by atoms with Crippen LogP contribution in [0.5, 0.6) is 0 Å². The Hall–Kier alpha value is -0.910. The minimum Gasteiger partial charge on any atom is -0.326 e. The van der Waals surface area contributed by atoms with Gasteiger partial charge < -0.3 is 5.73 Å². The molecule has 0 saturated carbocycles. The number of hydrogen-bond acceptors (Lipinski definition) is 3. The van der Waals surface area contributed by atoms with E-state index < -0.39 is 10.0 Å². The molecule has 1 aromatic carbocycles. The van der Waals surface area contributed by atoms with Crippen molar-refractivity contribution in [3.8, 4) is 0 Å². The summed E-state index contributed by atoms with van der Waals surface area (Å²) in [5, 5.41) is 0. The highest BCUT2D eigenvalue weighted by Crippen LogP contribution is 2.25. The summed E-state index contributed by atoms with van der Waals surface area (Å²) in [6, 6.07) is 3.58. The zero-order valence-corrected chi connectivity index (χ0v) is 13.2. The lowest BCUT2D eigenvalue weighted by Gasteiger charge is -2.26. The number of aryl methyl sites for hydroxylation is 1. The molecule has 0 unspecified atom stereocenters. The van der Waals surface area contributed by atoms with E-state index in [0.29, 0.717) is 18.0 Å². The van der Waals surface area contributed by atoms with Crippen molar-refractivity contribution in [2.24, 2.45) is 5.73 Å². The molecule has 4 nitrogen and oxygen atoms in total. The van der Waals surface area contributed by atoms with Gasteiger partial charge in [0.1, 0.15) is 0 Å². The third-order valence-corrected chi connectivity index (χ3v) is 5.67. The number of nitrogens with two attached hydrogens (primary N) is 1. The molecular formula is C14H24N2O2S. The van der Waals surface area contributed by atoms with Crippen LogP contribution in [0.1, 0.15) is 37.5 Å². The topological polar surface area (TPSA) is 63.4 Å². The predicted octanol–water partition coefficient (Wildman–Crippen LogP) is 2.18. The summed E-state index contributed by atoms with van der Waals surface area (Å²) >= 11 is 0. The first-order valence-electron chi connectivity index (χ1n) is 6.57. The average molecular weight is 284 g/mol. The van der Waals surface area contributed by atoms with Gasteiger partial charge in [0, 0.05) is 19.1 Å². The van der Waals surface area contributed by atoms with Crippen molar-refractivity contribution in [2.45, 2.75) is 52.1 Å². The van der Waals surface area contributed by atoms with E-state index in [1.807, 2.05) is 40.7 Å². The van der Waals surface area contributed by atoms with Crippen LogP contribution in [0, 0.1) is 13.8 Å². The van der Waals surface area contributed by atoms with Crippen molar-refractivity contribution in [2.75, 3.05) is 6.54 Å². The van der Waals surface area contributed by atoms with Crippen molar-refractivity contribution in [1.29, 1.82) is 0 Å². The van der Waals surface area contributed by atoms with E-state index in [1.165, 1.54) is 4.31 Å². The van der Waals surface area contributed by atoms with Gasteiger partial charge in [-0.05, 0) is 50.5 Å². The van der Waals surface area contributed by atoms with Gasteiger partial charge in [0.2, 0.25) is 10.0 Å². The third-order valence-electron chi connectivity index (χ3n) is 3.39. The van der Waals surface area contributed by atoms with E-state index >= 15 is 0 Å². The number of rotatable bonds is 5. The van der Waals surface area contributed by atoms with E-state index in [-0.39, 0.29) is 6.04 Å². The van der Waals surface area contributed by atoms with Crippen LogP contribution in [0.3, 0.4) is 0 Å². The van der Waals surface area contributed by atoms with Gasteiger partial charge in [-0.3, -0.25) is 0 Å². The van der Waals surface area contributed by atoms with Gasteiger partial charge in [-0.2, -0.15) is 4.31 Å². The maximum atomic E-state index is 12.7. The Balaban J connectivity index is 3.47. The van der Waals surface area contributed by atoms with Crippen LogP contribution in [0.25, 0.3) is 0 Å². The number of nitrogens with zero attached hydrogens (tertiary/aromatic N) is 1. The number of hydrogen-bond donors (Lipinski definition) is 1. The fraction of sp³-hybridized carbons (Fsp3) is 0.571. The lowest BCUT2D eigenvalue weighted by molar-refractivity contribution is 0.369. The highest BCUT2D eigenvalue weighted by molar-refractivity contribution is 7.89. The molecule has 0 aliphatic heterocycles. The summed E-state index contributed by atoms with van der Waals surface area (Å²) in [5.41, 5.74) is 8.25. The van der Waals surface area contributed by atoms with Crippen LogP contribution in [-0.4, -0.2) is 25.3 Å². The lowest BCUT2D eigenvalue weighted by atomic mass is 10.1. The monoisotopic (exact) mass is 284 g/mol. The van der Waals surface area contributed by atoms with Crippen molar-refractivity contribution in [3.63, 3.8) is 0 Å². The molecule has 0 fully saturated rings. The molecule has 2 N–H and O–H groups in total. The highest BCUT2D eigenvalue weighted by atomic mass is 32.2. The summed E-state index contributed by atoms with van der Waals surface area (Å²) in [5.74, 6) is 0. The molecule has 0 atom stereocenters. The molecule has 108 valence electrons. The molecule has 0 bridgehead atoms. The highest BCUT2D eigenvalue weighted by Gasteiger charge is 2.27. The van der Waals surface area contributed by atoms with E-state index in [9.17, 15) is 8.42 Å². The third kappa shape index (κ3) is 3.16. The Labute approximate surface area is 116 Å². The van der Waals surface area contributed by atoms with Gasteiger partial charge in [-0.15, -0.1) is 0 Å². The zero-order valence-electron chi connectivity index (χ0n) is 12.4. The fourth-order valence-electron chi connectivity index (χ4n) is 2.22. The van der Waals surface area contributed by atoms with E-state index in [0.717, 1.165) is 16.7 Å². The Kier molecular flexibility index (Phi) is 5.12. The maximum Gasteiger partial charge on any atom is 0.243 e. The number of sulfonamides is 1. The molecular weight excluding hydrogens is 260 g/mol. The van der Waals surface area contributed by atoms with Crippen molar-refractivity contribution < 1.29 is 8.42 Å². The Morgan fingerprint density at radius 3 is 2.26 bits per heavy atom. The SMILES string of the molecule is CCN(C(C)C)S(=O)(=O)c1cc(CN)cc(C)c1C.